The Morgan fingerprint density at radius 2 is 1.60 bits per heavy atom. The first-order valence-electron chi connectivity index (χ1n) is 9.75. The van der Waals surface area contributed by atoms with Crippen molar-refractivity contribution in [1.82, 2.24) is 15.3 Å². The van der Waals surface area contributed by atoms with Crippen molar-refractivity contribution < 1.29 is 8.42 Å². The van der Waals surface area contributed by atoms with Gasteiger partial charge < -0.3 is 15.5 Å². The maximum absolute atomic E-state index is 12.5. The van der Waals surface area contributed by atoms with Gasteiger partial charge in [-0.15, -0.1) is 0 Å². The standard InChI is InChI=1S/C21H24N6O2S/c1-16-2-8-19(9-3-16)30(28,29)26-18-6-4-17(5-7-18)24-20-10-11-23-21(25-20)27-14-12-22-13-15-27/h2-11,22,26H,12-15H2,1H3,(H,23,24,25). The Kier molecular flexibility index (Phi) is 5.82. The van der Waals surface area contributed by atoms with Crippen LogP contribution in [0, 0.1) is 6.92 Å². The summed E-state index contributed by atoms with van der Waals surface area (Å²) in [5.41, 5.74) is 2.30. The van der Waals surface area contributed by atoms with Gasteiger partial charge in [-0.2, -0.15) is 4.98 Å². The van der Waals surface area contributed by atoms with Crippen LogP contribution in [-0.2, 0) is 10.0 Å². The second-order valence-corrected chi connectivity index (χ2v) is 8.78. The molecule has 2 heterocycles. The number of anilines is 4. The Morgan fingerprint density at radius 3 is 2.30 bits per heavy atom. The fourth-order valence-electron chi connectivity index (χ4n) is 3.14. The van der Waals surface area contributed by atoms with Crippen LogP contribution in [0.4, 0.5) is 23.1 Å². The Labute approximate surface area is 176 Å². The first kappa shape index (κ1) is 20.1. The summed E-state index contributed by atoms with van der Waals surface area (Å²) in [7, 11) is -3.62. The van der Waals surface area contributed by atoms with Crippen LogP contribution in [0.3, 0.4) is 0 Å². The maximum atomic E-state index is 12.5. The highest BCUT2D eigenvalue weighted by Gasteiger charge is 2.15. The number of aryl methyl sites for hydroxylation is 1. The number of sulfonamides is 1. The van der Waals surface area contributed by atoms with E-state index in [0.29, 0.717) is 17.5 Å². The van der Waals surface area contributed by atoms with E-state index < -0.39 is 10.0 Å². The van der Waals surface area contributed by atoms with Crippen molar-refractivity contribution in [1.29, 1.82) is 0 Å². The molecule has 156 valence electrons. The molecule has 1 fully saturated rings. The molecule has 1 aliphatic rings. The van der Waals surface area contributed by atoms with Gasteiger partial charge in [0.1, 0.15) is 5.82 Å². The Hall–Kier alpha value is -3.17. The van der Waals surface area contributed by atoms with E-state index in [1.807, 2.05) is 6.92 Å². The van der Waals surface area contributed by atoms with Crippen molar-refractivity contribution in [3.8, 4) is 0 Å². The molecular formula is C21H24N6O2S. The summed E-state index contributed by atoms with van der Waals surface area (Å²) in [5, 5.41) is 6.55. The molecule has 1 saturated heterocycles. The van der Waals surface area contributed by atoms with Crippen LogP contribution < -0.4 is 20.3 Å². The average molecular weight is 425 g/mol. The fraction of sp³-hybridized carbons (Fsp3) is 0.238. The third-order valence-corrected chi connectivity index (χ3v) is 6.18. The molecule has 0 saturated carbocycles. The lowest BCUT2D eigenvalue weighted by Gasteiger charge is -2.27. The van der Waals surface area contributed by atoms with Crippen molar-refractivity contribution in [3.05, 3.63) is 66.4 Å². The third-order valence-electron chi connectivity index (χ3n) is 4.78. The average Bonchev–Trinajstić information content (AvgIpc) is 2.76. The molecule has 0 spiro atoms. The van der Waals surface area contributed by atoms with Crippen LogP contribution in [0.1, 0.15) is 5.56 Å². The van der Waals surface area contributed by atoms with Crippen LogP contribution in [-0.4, -0.2) is 44.6 Å². The molecule has 3 aromatic rings. The van der Waals surface area contributed by atoms with Crippen molar-refractivity contribution in [2.45, 2.75) is 11.8 Å². The number of nitrogens with zero attached hydrogens (tertiary/aromatic N) is 3. The molecule has 0 atom stereocenters. The number of nitrogens with one attached hydrogen (secondary N) is 3. The molecule has 30 heavy (non-hydrogen) atoms. The number of benzene rings is 2. The number of piperazine rings is 1. The topological polar surface area (TPSA) is 99.2 Å². The minimum Gasteiger partial charge on any atom is -0.340 e. The molecule has 1 aromatic heterocycles. The number of rotatable bonds is 6. The number of aromatic nitrogens is 2. The van der Waals surface area contributed by atoms with Crippen LogP contribution in [0.2, 0.25) is 0 Å². The lowest BCUT2D eigenvalue weighted by Crippen LogP contribution is -2.44. The zero-order valence-corrected chi connectivity index (χ0v) is 17.5. The smallest absolute Gasteiger partial charge is 0.261 e. The van der Waals surface area contributed by atoms with Crippen molar-refractivity contribution in [3.63, 3.8) is 0 Å². The molecule has 3 N–H and O–H groups in total. The van der Waals surface area contributed by atoms with Crippen LogP contribution in [0.5, 0.6) is 0 Å². The van der Waals surface area contributed by atoms with Crippen molar-refractivity contribution in [2.24, 2.45) is 0 Å². The zero-order valence-electron chi connectivity index (χ0n) is 16.7. The van der Waals surface area contributed by atoms with Gasteiger partial charge in [0.15, 0.2) is 0 Å². The highest BCUT2D eigenvalue weighted by atomic mass is 32.2. The maximum Gasteiger partial charge on any atom is 0.261 e. The first-order chi connectivity index (χ1) is 14.5. The minimum atomic E-state index is -3.62. The van der Waals surface area contributed by atoms with Gasteiger partial charge in [-0.05, 0) is 49.4 Å². The molecule has 0 amide bonds. The summed E-state index contributed by atoms with van der Waals surface area (Å²) in [6.07, 6.45) is 1.73. The van der Waals surface area contributed by atoms with Gasteiger partial charge in [-0.25, -0.2) is 13.4 Å². The molecule has 0 radical (unpaired) electrons. The predicted octanol–water partition coefficient (Wildman–Crippen LogP) is 2.74. The monoisotopic (exact) mass is 424 g/mol. The third kappa shape index (κ3) is 4.87. The highest BCUT2D eigenvalue weighted by Crippen LogP contribution is 2.21. The Balaban J connectivity index is 1.43. The lowest BCUT2D eigenvalue weighted by atomic mass is 10.2. The first-order valence-corrected chi connectivity index (χ1v) is 11.2. The van der Waals surface area contributed by atoms with Crippen molar-refractivity contribution >= 4 is 33.2 Å². The number of hydrogen-bond donors (Lipinski definition) is 3. The summed E-state index contributed by atoms with van der Waals surface area (Å²) >= 11 is 0. The van der Waals surface area contributed by atoms with Crippen LogP contribution in [0.25, 0.3) is 0 Å². The Morgan fingerprint density at radius 1 is 0.933 bits per heavy atom. The molecule has 0 unspecified atom stereocenters. The summed E-state index contributed by atoms with van der Waals surface area (Å²) in [6, 6.07) is 15.6. The van der Waals surface area contributed by atoms with E-state index in [4.69, 9.17) is 0 Å². The second kappa shape index (κ2) is 8.68. The molecule has 4 rings (SSSR count). The van der Waals surface area contributed by atoms with Gasteiger partial charge in [0.2, 0.25) is 5.95 Å². The molecule has 1 aliphatic heterocycles. The molecular weight excluding hydrogens is 400 g/mol. The molecule has 9 heteroatoms. The van der Waals surface area contributed by atoms with Gasteiger partial charge >= 0.3 is 0 Å². The van der Waals surface area contributed by atoms with E-state index in [1.165, 1.54) is 0 Å². The van der Waals surface area contributed by atoms with Crippen LogP contribution >= 0.6 is 0 Å². The van der Waals surface area contributed by atoms with E-state index in [1.54, 1.807) is 60.8 Å². The largest absolute Gasteiger partial charge is 0.340 e. The van der Waals surface area contributed by atoms with E-state index in [-0.39, 0.29) is 4.90 Å². The van der Waals surface area contributed by atoms with Gasteiger partial charge in [-0.1, -0.05) is 17.7 Å². The van der Waals surface area contributed by atoms with E-state index >= 15 is 0 Å². The Bertz CT molecular complexity index is 1100. The molecule has 8 nitrogen and oxygen atoms in total. The van der Waals surface area contributed by atoms with E-state index in [0.717, 1.165) is 37.4 Å². The van der Waals surface area contributed by atoms with Crippen molar-refractivity contribution in [2.75, 3.05) is 41.1 Å². The zero-order chi connectivity index (χ0) is 21.0. The summed E-state index contributed by atoms with van der Waals surface area (Å²) < 4.78 is 27.7. The fourth-order valence-corrected chi connectivity index (χ4v) is 4.19. The predicted molar refractivity (Wildman–Crippen MR) is 119 cm³/mol. The van der Waals surface area contributed by atoms with E-state index in [9.17, 15) is 8.42 Å². The van der Waals surface area contributed by atoms with Gasteiger partial charge in [0.25, 0.3) is 10.0 Å². The normalized spacial score (nSPS) is 14.4. The molecule has 0 aliphatic carbocycles. The van der Waals surface area contributed by atoms with Gasteiger partial charge in [0.05, 0.1) is 4.90 Å². The summed E-state index contributed by atoms with van der Waals surface area (Å²) in [5.74, 6) is 1.38. The summed E-state index contributed by atoms with van der Waals surface area (Å²) in [4.78, 5) is 11.3. The van der Waals surface area contributed by atoms with Crippen LogP contribution in [0.15, 0.2) is 65.7 Å². The molecule has 2 aromatic carbocycles. The van der Waals surface area contributed by atoms with Gasteiger partial charge in [0, 0.05) is 43.8 Å². The summed E-state index contributed by atoms with van der Waals surface area (Å²) in [6.45, 7) is 5.50. The second-order valence-electron chi connectivity index (χ2n) is 7.10. The molecule has 0 bridgehead atoms. The van der Waals surface area contributed by atoms with E-state index in [2.05, 4.69) is 30.2 Å². The minimum absolute atomic E-state index is 0.233. The number of hydrogen-bond acceptors (Lipinski definition) is 7. The quantitative estimate of drug-likeness (QED) is 0.559. The SMILES string of the molecule is Cc1ccc(S(=O)(=O)Nc2ccc(Nc3ccnc(N4CCNCC4)n3)cc2)cc1. The highest BCUT2D eigenvalue weighted by molar-refractivity contribution is 7.92. The lowest BCUT2D eigenvalue weighted by molar-refractivity contribution is 0.580. The van der Waals surface area contributed by atoms with Gasteiger partial charge in [-0.3, -0.25) is 4.72 Å².